The van der Waals surface area contributed by atoms with E-state index in [0.29, 0.717) is 24.1 Å². The van der Waals surface area contributed by atoms with Crippen LogP contribution in [0.2, 0.25) is 0 Å². The molecule has 0 aromatic heterocycles. The zero-order chi connectivity index (χ0) is 25.5. The minimum Gasteiger partial charge on any atom is -0.493 e. The van der Waals surface area contributed by atoms with E-state index in [1.807, 2.05) is 12.1 Å². The first-order chi connectivity index (χ1) is 16.6. The summed E-state index contributed by atoms with van der Waals surface area (Å²) >= 11 is 0. The van der Waals surface area contributed by atoms with Crippen LogP contribution in [0.15, 0.2) is 24.3 Å². The number of ether oxygens (including phenoxy) is 2. The Bertz CT molecular complexity index is 1220. The predicted octanol–water partition coefficient (Wildman–Crippen LogP) is 4.41. The molecule has 194 valence electrons. The molecule has 2 aromatic carbocycles. The van der Waals surface area contributed by atoms with Crippen LogP contribution in [0, 0.1) is 11.2 Å². The standard InChI is InChI=1S/C26H30FN3O5.BrH/c1-26(2)14-29(9-5-6-21(32)33)18-8-7-15(10-17(18)26)19(31)13-30-12-16-11-20(34-3)24(35-4)23(27)22(16)25(30)28;/h7-8,10-11,28H,5-6,9,12-14H2,1-4H3,(H,32,33);1H. The molecule has 0 amide bonds. The average Bonchev–Trinajstić information content (AvgIpc) is 3.25. The average molecular weight is 564 g/mol. The summed E-state index contributed by atoms with van der Waals surface area (Å²) in [6, 6.07) is 7.23. The number of nitrogens with one attached hydrogen (secondary N) is 1. The van der Waals surface area contributed by atoms with Gasteiger partial charge >= 0.3 is 5.97 Å². The van der Waals surface area contributed by atoms with E-state index in [1.54, 1.807) is 17.0 Å². The first kappa shape index (κ1) is 27.4. The number of halogens is 2. The van der Waals surface area contributed by atoms with Crippen molar-refractivity contribution in [2.24, 2.45) is 0 Å². The summed E-state index contributed by atoms with van der Waals surface area (Å²) in [7, 11) is 2.77. The van der Waals surface area contributed by atoms with Gasteiger partial charge in [0.25, 0.3) is 0 Å². The Hall–Kier alpha value is -3.14. The maximum atomic E-state index is 15.0. The fraction of sp³-hybridized carbons (Fsp3) is 0.423. The smallest absolute Gasteiger partial charge is 0.303 e. The number of carbonyl (C=O) groups is 2. The minimum atomic E-state index is -0.809. The zero-order valence-corrected chi connectivity index (χ0v) is 22.5. The number of carboxylic acid groups (broad SMARTS) is 1. The van der Waals surface area contributed by atoms with Crippen LogP contribution in [-0.2, 0) is 16.8 Å². The SMILES string of the molecule is Br.COc1cc2c(c(F)c1OC)C(=N)N(CC(=O)c1ccc3c(c1)C(C)(C)CN3CCCC(=O)O)C2. The fourth-order valence-electron chi connectivity index (χ4n) is 5.02. The quantitative estimate of drug-likeness (QED) is 0.435. The highest BCUT2D eigenvalue weighted by Crippen LogP contribution is 2.41. The molecule has 0 saturated heterocycles. The number of Topliss-reactive ketones (excluding diaryl/α,β-unsaturated/α-hetero) is 1. The number of rotatable bonds is 9. The molecule has 2 aliphatic rings. The van der Waals surface area contributed by atoms with Crippen molar-refractivity contribution in [3.63, 3.8) is 0 Å². The van der Waals surface area contributed by atoms with Crippen LogP contribution in [0.25, 0.3) is 0 Å². The Morgan fingerprint density at radius 1 is 1.17 bits per heavy atom. The molecule has 36 heavy (non-hydrogen) atoms. The van der Waals surface area contributed by atoms with Gasteiger partial charge in [0.05, 0.1) is 26.3 Å². The predicted molar refractivity (Wildman–Crippen MR) is 140 cm³/mol. The van der Waals surface area contributed by atoms with Crippen LogP contribution in [0.1, 0.15) is 53.7 Å². The van der Waals surface area contributed by atoms with Crippen LogP contribution >= 0.6 is 17.0 Å². The Labute approximate surface area is 220 Å². The molecular formula is C26H31BrFN3O5. The number of carboxylic acids is 1. The van der Waals surface area contributed by atoms with Crippen molar-refractivity contribution in [3.8, 4) is 11.5 Å². The minimum absolute atomic E-state index is 0. The lowest BCUT2D eigenvalue weighted by Gasteiger charge is -2.22. The highest BCUT2D eigenvalue weighted by atomic mass is 79.9. The molecule has 0 bridgehead atoms. The van der Waals surface area contributed by atoms with E-state index in [2.05, 4.69) is 18.7 Å². The summed E-state index contributed by atoms with van der Waals surface area (Å²) < 4.78 is 25.4. The van der Waals surface area contributed by atoms with Gasteiger partial charge in [-0.25, -0.2) is 4.39 Å². The van der Waals surface area contributed by atoms with Crippen molar-refractivity contribution in [3.05, 3.63) is 52.3 Å². The zero-order valence-electron chi connectivity index (χ0n) is 20.8. The highest BCUT2D eigenvalue weighted by Gasteiger charge is 2.36. The van der Waals surface area contributed by atoms with E-state index in [0.717, 1.165) is 17.8 Å². The monoisotopic (exact) mass is 563 g/mol. The van der Waals surface area contributed by atoms with Gasteiger partial charge < -0.3 is 24.4 Å². The second-order valence-electron chi connectivity index (χ2n) is 9.62. The maximum Gasteiger partial charge on any atom is 0.303 e. The van der Waals surface area contributed by atoms with Crippen molar-refractivity contribution in [2.75, 3.05) is 38.8 Å². The van der Waals surface area contributed by atoms with E-state index in [9.17, 15) is 9.59 Å². The topological polar surface area (TPSA) is 103 Å². The van der Waals surface area contributed by atoms with Gasteiger partial charge in [-0.3, -0.25) is 15.0 Å². The Balaban J connectivity index is 0.00000361. The van der Waals surface area contributed by atoms with E-state index >= 15 is 4.39 Å². The van der Waals surface area contributed by atoms with Crippen molar-refractivity contribution in [2.45, 2.75) is 38.6 Å². The third-order valence-corrected chi connectivity index (χ3v) is 6.73. The number of benzene rings is 2. The summed E-state index contributed by atoms with van der Waals surface area (Å²) in [6.07, 6.45) is 0.667. The van der Waals surface area contributed by atoms with Gasteiger partial charge in [-0.2, -0.15) is 0 Å². The van der Waals surface area contributed by atoms with Crippen LogP contribution in [-0.4, -0.2) is 61.4 Å². The normalized spacial score (nSPS) is 15.3. The second kappa shape index (κ2) is 10.5. The van der Waals surface area contributed by atoms with Crippen molar-refractivity contribution < 1.29 is 28.6 Å². The maximum absolute atomic E-state index is 15.0. The number of methoxy groups -OCH3 is 2. The molecule has 0 spiro atoms. The van der Waals surface area contributed by atoms with Gasteiger partial charge in [-0.15, -0.1) is 17.0 Å². The number of amidine groups is 1. The molecule has 8 nitrogen and oxygen atoms in total. The van der Waals surface area contributed by atoms with E-state index in [4.69, 9.17) is 20.0 Å². The first-order valence-electron chi connectivity index (χ1n) is 11.5. The van der Waals surface area contributed by atoms with Crippen molar-refractivity contribution in [1.29, 1.82) is 5.41 Å². The molecule has 10 heteroatoms. The molecule has 0 saturated carbocycles. The molecule has 4 rings (SSSR count). The summed E-state index contributed by atoms with van der Waals surface area (Å²) in [5, 5.41) is 17.4. The van der Waals surface area contributed by atoms with Gasteiger partial charge in [0, 0.05) is 42.7 Å². The van der Waals surface area contributed by atoms with Gasteiger partial charge in [-0.05, 0) is 41.8 Å². The van der Waals surface area contributed by atoms with Crippen LogP contribution in [0.4, 0.5) is 10.1 Å². The summed E-state index contributed by atoms with van der Waals surface area (Å²) in [4.78, 5) is 27.8. The fourth-order valence-corrected chi connectivity index (χ4v) is 5.02. The van der Waals surface area contributed by atoms with Gasteiger partial charge in [0.2, 0.25) is 0 Å². The molecular weight excluding hydrogens is 533 g/mol. The van der Waals surface area contributed by atoms with Crippen LogP contribution in [0.3, 0.4) is 0 Å². The third-order valence-electron chi connectivity index (χ3n) is 6.73. The number of hydrogen-bond acceptors (Lipinski definition) is 6. The number of anilines is 1. The Kier molecular flexibility index (Phi) is 7.97. The highest BCUT2D eigenvalue weighted by molar-refractivity contribution is 8.93. The molecule has 2 N–H and O–H groups in total. The van der Waals surface area contributed by atoms with Gasteiger partial charge in [-0.1, -0.05) is 13.8 Å². The molecule has 0 fully saturated rings. The lowest BCUT2D eigenvalue weighted by atomic mass is 9.85. The van der Waals surface area contributed by atoms with Gasteiger partial charge in [0.1, 0.15) is 5.84 Å². The number of hydrogen-bond donors (Lipinski definition) is 2. The van der Waals surface area contributed by atoms with E-state index in [1.165, 1.54) is 14.2 Å². The number of ketones is 1. The third kappa shape index (κ3) is 4.91. The molecule has 0 unspecified atom stereocenters. The van der Waals surface area contributed by atoms with E-state index in [-0.39, 0.29) is 70.6 Å². The van der Waals surface area contributed by atoms with Crippen molar-refractivity contribution in [1.82, 2.24) is 4.90 Å². The Morgan fingerprint density at radius 2 is 1.89 bits per heavy atom. The molecule has 0 radical (unpaired) electrons. The molecule has 0 atom stereocenters. The Morgan fingerprint density at radius 3 is 2.53 bits per heavy atom. The lowest BCUT2D eigenvalue weighted by Crippen LogP contribution is -2.30. The van der Waals surface area contributed by atoms with Crippen molar-refractivity contribution >= 4 is 40.3 Å². The number of fused-ring (bicyclic) bond motifs is 2. The molecule has 2 heterocycles. The summed E-state index contributed by atoms with van der Waals surface area (Å²) in [5.74, 6) is -1.50. The summed E-state index contributed by atoms with van der Waals surface area (Å²) in [6.45, 7) is 5.76. The first-order valence-corrected chi connectivity index (χ1v) is 11.5. The van der Waals surface area contributed by atoms with E-state index < -0.39 is 11.8 Å². The second-order valence-corrected chi connectivity index (χ2v) is 9.62. The lowest BCUT2D eigenvalue weighted by molar-refractivity contribution is -0.137. The molecule has 2 aliphatic heterocycles. The molecule has 0 aliphatic carbocycles. The number of aliphatic carboxylic acids is 1. The number of nitrogens with zero attached hydrogens (tertiary/aromatic N) is 2. The number of carbonyl (C=O) groups excluding carboxylic acids is 1. The summed E-state index contributed by atoms with van der Waals surface area (Å²) in [5.41, 5.74) is 3.09. The molecule has 2 aromatic rings. The van der Waals surface area contributed by atoms with Gasteiger partial charge in [0.15, 0.2) is 23.1 Å². The largest absolute Gasteiger partial charge is 0.493 e. The van der Waals surface area contributed by atoms with Crippen LogP contribution in [0.5, 0.6) is 11.5 Å². The van der Waals surface area contributed by atoms with Crippen LogP contribution < -0.4 is 14.4 Å².